The van der Waals surface area contributed by atoms with Crippen LogP contribution in [-0.4, -0.2) is 20.2 Å². The average molecular weight is 351 g/mol. The molecule has 0 unspecified atom stereocenters. The van der Waals surface area contributed by atoms with Gasteiger partial charge in [-0.2, -0.15) is 4.68 Å². The summed E-state index contributed by atoms with van der Waals surface area (Å²) in [5.41, 5.74) is 8.14. The summed E-state index contributed by atoms with van der Waals surface area (Å²) >= 11 is 9.30. The molecule has 0 fully saturated rings. The van der Waals surface area contributed by atoms with E-state index in [0.717, 1.165) is 15.7 Å². The highest BCUT2D eigenvalue weighted by atomic mass is 79.9. The minimum absolute atomic E-state index is 0.611. The van der Waals surface area contributed by atoms with Gasteiger partial charge in [0.1, 0.15) is 0 Å². The van der Waals surface area contributed by atoms with E-state index in [2.05, 4.69) is 31.5 Å². The molecule has 20 heavy (non-hydrogen) atoms. The van der Waals surface area contributed by atoms with Gasteiger partial charge in [0.25, 0.3) is 0 Å². The van der Waals surface area contributed by atoms with Crippen LogP contribution in [0.5, 0.6) is 0 Å². The maximum atomic E-state index is 5.89. The smallest absolute Gasteiger partial charge is 0.187 e. The molecule has 3 aromatic rings. The first-order valence-corrected chi connectivity index (χ1v) is 6.91. The lowest BCUT2D eigenvalue weighted by molar-refractivity contribution is 0.791. The number of tetrazole rings is 1. The van der Waals surface area contributed by atoms with Crippen LogP contribution in [0.1, 0.15) is 0 Å². The van der Waals surface area contributed by atoms with Gasteiger partial charge in [-0.05, 0) is 52.9 Å². The lowest BCUT2D eigenvalue weighted by Crippen LogP contribution is -2.00. The topological polar surface area (TPSA) is 69.6 Å². The number of hydrogen-bond acceptors (Lipinski definition) is 4. The van der Waals surface area contributed by atoms with Crippen LogP contribution in [0.2, 0.25) is 5.02 Å². The van der Waals surface area contributed by atoms with Gasteiger partial charge in [-0.15, -0.1) is 5.10 Å². The number of hydrogen-bond donors (Lipinski definition) is 1. The summed E-state index contributed by atoms with van der Waals surface area (Å²) in [7, 11) is 0. The van der Waals surface area contributed by atoms with Crippen molar-refractivity contribution in [3.05, 3.63) is 52.0 Å². The second-order valence-electron chi connectivity index (χ2n) is 4.16. The summed E-state index contributed by atoms with van der Waals surface area (Å²) in [6.07, 6.45) is 0. The van der Waals surface area contributed by atoms with Crippen LogP contribution in [0.4, 0.5) is 5.69 Å². The highest BCUT2D eigenvalue weighted by Gasteiger charge is 2.11. The predicted molar refractivity (Wildman–Crippen MR) is 81.7 cm³/mol. The Morgan fingerprint density at radius 2 is 1.85 bits per heavy atom. The molecular formula is C13H9BrClN5. The number of halogens is 2. The zero-order chi connectivity index (χ0) is 14.1. The van der Waals surface area contributed by atoms with E-state index in [1.807, 2.05) is 30.3 Å². The third-order valence-electron chi connectivity index (χ3n) is 2.72. The fourth-order valence-electron chi connectivity index (χ4n) is 1.86. The van der Waals surface area contributed by atoms with E-state index in [4.69, 9.17) is 17.3 Å². The zero-order valence-corrected chi connectivity index (χ0v) is 12.5. The number of nitrogens with zero attached hydrogens (tertiary/aromatic N) is 4. The van der Waals surface area contributed by atoms with Gasteiger partial charge in [-0.25, -0.2) is 0 Å². The molecule has 0 saturated heterocycles. The van der Waals surface area contributed by atoms with Crippen molar-refractivity contribution in [1.29, 1.82) is 0 Å². The van der Waals surface area contributed by atoms with Crippen LogP contribution in [0.3, 0.4) is 0 Å². The standard InChI is InChI=1S/C13H9BrClN5/c14-9-5-8(6-11(16)7-9)13-17-18-19-20(13)12-3-1-10(15)2-4-12/h1-7H,16H2. The maximum Gasteiger partial charge on any atom is 0.187 e. The summed E-state index contributed by atoms with van der Waals surface area (Å²) in [5.74, 6) is 0.611. The van der Waals surface area contributed by atoms with Crippen molar-refractivity contribution in [3.8, 4) is 17.1 Å². The van der Waals surface area contributed by atoms with Crippen molar-refractivity contribution in [1.82, 2.24) is 20.2 Å². The molecule has 2 aromatic carbocycles. The molecular weight excluding hydrogens is 342 g/mol. The van der Waals surface area contributed by atoms with Gasteiger partial charge in [-0.3, -0.25) is 0 Å². The molecule has 7 heteroatoms. The van der Waals surface area contributed by atoms with E-state index in [0.29, 0.717) is 16.5 Å². The Labute approximate surface area is 128 Å². The summed E-state index contributed by atoms with van der Waals surface area (Å²) in [4.78, 5) is 0. The lowest BCUT2D eigenvalue weighted by atomic mass is 10.2. The molecule has 0 bridgehead atoms. The lowest BCUT2D eigenvalue weighted by Gasteiger charge is -2.06. The molecule has 0 spiro atoms. The summed E-state index contributed by atoms with van der Waals surface area (Å²) in [5, 5.41) is 12.5. The molecule has 2 N–H and O–H groups in total. The summed E-state index contributed by atoms with van der Waals surface area (Å²) in [6, 6.07) is 12.8. The molecule has 0 aliphatic rings. The third-order valence-corrected chi connectivity index (χ3v) is 3.43. The van der Waals surface area contributed by atoms with Crippen molar-refractivity contribution in [2.24, 2.45) is 0 Å². The van der Waals surface area contributed by atoms with Gasteiger partial charge in [0.05, 0.1) is 5.69 Å². The molecule has 0 aliphatic heterocycles. The minimum Gasteiger partial charge on any atom is -0.399 e. The monoisotopic (exact) mass is 349 g/mol. The number of rotatable bonds is 2. The van der Waals surface area contributed by atoms with Gasteiger partial charge in [0.2, 0.25) is 0 Å². The first-order valence-electron chi connectivity index (χ1n) is 5.74. The second-order valence-corrected chi connectivity index (χ2v) is 5.52. The Kier molecular flexibility index (Phi) is 3.42. The molecule has 0 atom stereocenters. The van der Waals surface area contributed by atoms with Crippen molar-refractivity contribution >= 4 is 33.2 Å². The van der Waals surface area contributed by atoms with Crippen molar-refractivity contribution in [2.75, 3.05) is 5.73 Å². The van der Waals surface area contributed by atoms with Crippen LogP contribution in [0, 0.1) is 0 Å². The summed E-state index contributed by atoms with van der Waals surface area (Å²) in [6.45, 7) is 0. The predicted octanol–water partition coefficient (Wildman–Crippen LogP) is 3.33. The van der Waals surface area contributed by atoms with Gasteiger partial charge in [0.15, 0.2) is 5.82 Å². The van der Waals surface area contributed by atoms with Crippen LogP contribution in [-0.2, 0) is 0 Å². The van der Waals surface area contributed by atoms with Crippen molar-refractivity contribution in [3.63, 3.8) is 0 Å². The average Bonchev–Trinajstić information content (AvgIpc) is 2.87. The number of nitrogens with two attached hydrogens (primary N) is 1. The van der Waals surface area contributed by atoms with E-state index >= 15 is 0 Å². The Hall–Kier alpha value is -1.92. The van der Waals surface area contributed by atoms with Gasteiger partial charge in [-0.1, -0.05) is 27.5 Å². The van der Waals surface area contributed by atoms with Crippen LogP contribution in [0.15, 0.2) is 46.9 Å². The fraction of sp³-hybridized carbons (Fsp3) is 0. The zero-order valence-electron chi connectivity index (χ0n) is 10.2. The fourth-order valence-corrected chi connectivity index (χ4v) is 2.50. The Balaban J connectivity index is 2.12. The second kappa shape index (κ2) is 5.22. The van der Waals surface area contributed by atoms with Gasteiger partial charge >= 0.3 is 0 Å². The van der Waals surface area contributed by atoms with Crippen LogP contribution >= 0.6 is 27.5 Å². The SMILES string of the molecule is Nc1cc(Br)cc(-c2nnnn2-c2ccc(Cl)cc2)c1. The minimum atomic E-state index is 0.611. The first kappa shape index (κ1) is 13.1. The number of nitrogen functional groups attached to an aromatic ring is 1. The number of anilines is 1. The highest BCUT2D eigenvalue weighted by molar-refractivity contribution is 9.10. The number of aromatic nitrogens is 4. The van der Waals surface area contributed by atoms with Crippen molar-refractivity contribution < 1.29 is 0 Å². The first-order chi connectivity index (χ1) is 9.63. The molecule has 1 heterocycles. The molecule has 3 rings (SSSR count). The van der Waals surface area contributed by atoms with Crippen LogP contribution < -0.4 is 5.73 Å². The Morgan fingerprint density at radius 3 is 2.55 bits per heavy atom. The third kappa shape index (κ3) is 2.52. The van der Waals surface area contributed by atoms with Crippen molar-refractivity contribution in [2.45, 2.75) is 0 Å². The molecule has 100 valence electrons. The molecule has 0 amide bonds. The number of benzene rings is 2. The van der Waals surface area contributed by atoms with Gasteiger partial charge in [0, 0.05) is 20.7 Å². The van der Waals surface area contributed by atoms with E-state index < -0.39 is 0 Å². The van der Waals surface area contributed by atoms with E-state index in [1.165, 1.54) is 0 Å². The highest BCUT2D eigenvalue weighted by Crippen LogP contribution is 2.26. The van der Waals surface area contributed by atoms with Gasteiger partial charge < -0.3 is 5.73 Å². The van der Waals surface area contributed by atoms with Crippen LogP contribution in [0.25, 0.3) is 17.1 Å². The Morgan fingerprint density at radius 1 is 1.10 bits per heavy atom. The van der Waals surface area contributed by atoms with E-state index in [1.54, 1.807) is 16.8 Å². The molecule has 0 radical (unpaired) electrons. The quantitative estimate of drug-likeness (QED) is 0.720. The van der Waals surface area contributed by atoms with E-state index in [9.17, 15) is 0 Å². The normalized spacial score (nSPS) is 10.7. The molecule has 0 saturated carbocycles. The summed E-state index contributed by atoms with van der Waals surface area (Å²) < 4.78 is 2.51. The molecule has 1 aromatic heterocycles. The maximum absolute atomic E-state index is 5.89. The van der Waals surface area contributed by atoms with E-state index in [-0.39, 0.29) is 0 Å². The largest absolute Gasteiger partial charge is 0.399 e. The molecule has 0 aliphatic carbocycles. The Bertz CT molecular complexity index is 733. The molecule has 5 nitrogen and oxygen atoms in total.